The van der Waals surface area contributed by atoms with Gasteiger partial charge in [0.25, 0.3) is 5.91 Å². The largest absolute Gasteiger partial charge is 0.483 e. The van der Waals surface area contributed by atoms with E-state index in [1.807, 2.05) is 0 Å². The number of rotatable bonds is 4. The molecule has 1 amide bonds. The second-order valence-electron chi connectivity index (χ2n) is 3.71. The molecular weight excluding hydrogens is 256 g/mol. The van der Waals surface area contributed by atoms with E-state index in [0.29, 0.717) is 5.76 Å². The van der Waals surface area contributed by atoms with Gasteiger partial charge in [-0.15, -0.1) is 0 Å². The fourth-order valence-electron chi connectivity index (χ4n) is 1.44. The molecule has 1 aromatic carbocycles. The number of amides is 1. The summed E-state index contributed by atoms with van der Waals surface area (Å²) in [6.07, 6.45) is 0. The Bertz CT molecular complexity index is 595. The van der Waals surface area contributed by atoms with Gasteiger partial charge in [0.15, 0.2) is 17.3 Å². The molecule has 0 aliphatic heterocycles. The first-order valence-corrected chi connectivity index (χ1v) is 5.49. The molecule has 1 N–H and O–H groups in total. The van der Waals surface area contributed by atoms with Crippen LogP contribution in [0.15, 0.2) is 34.7 Å². The number of carbonyl (C=O) groups is 1. The number of hydrogen-bond donors (Lipinski definition) is 1. The van der Waals surface area contributed by atoms with Gasteiger partial charge in [-0.1, -0.05) is 0 Å². The normalized spacial score (nSPS) is 10.3. The first kappa shape index (κ1) is 13.1. The maximum absolute atomic E-state index is 13.3. The van der Waals surface area contributed by atoms with Crippen LogP contribution in [0.25, 0.3) is 0 Å². The summed E-state index contributed by atoms with van der Waals surface area (Å²) < 4.78 is 36.3. The van der Waals surface area contributed by atoms with Crippen molar-refractivity contribution in [3.05, 3.63) is 53.5 Å². The van der Waals surface area contributed by atoms with Crippen molar-refractivity contribution in [1.29, 1.82) is 0 Å². The predicted octanol–water partition coefficient (Wildman–Crippen LogP) is 2.50. The number of hydrogen-bond acceptors (Lipinski definition) is 3. The van der Waals surface area contributed by atoms with Crippen LogP contribution in [-0.4, -0.2) is 13.0 Å². The summed E-state index contributed by atoms with van der Waals surface area (Å²) in [4.78, 5) is 11.2. The SMILES string of the molecule is CNC(=O)c1ccc(COc2ccc(F)cc2F)o1. The number of benzene rings is 1. The van der Waals surface area contributed by atoms with Crippen LogP contribution in [-0.2, 0) is 6.61 Å². The van der Waals surface area contributed by atoms with Crippen LogP contribution in [0.3, 0.4) is 0 Å². The zero-order chi connectivity index (χ0) is 13.8. The number of halogens is 2. The Morgan fingerprint density at radius 3 is 2.79 bits per heavy atom. The number of nitrogens with one attached hydrogen (secondary N) is 1. The van der Waals surface area contributed by atoms with Gasteiger partial charge in [-0.25, -0.2) is 8.78 Å². The molecule has 0 aliphatic rings. The van der Waals surface area contributed by atoms with Crippen LogP contribution >= 0.6 is 0 Å². The molecule has 4 nitrogen and oxygen atoms in total. The molecule has 0 saturated heterocycles. The Hall–Kier alpha value is -2.37. The number of ether oxygens (including phenoxy) is 1. The molecular formula is C13H11F2NO3. The fourth-order valence-corrected chi connectivity index (χ4v) is 1.44. The zero-order valence-corrected chi connectivity index (χ0v) is 10.1. The number of carbonyl (C=O) groups excluding carboxylic acids is 1. The van der Waals surface area contributed by atoms with E-state index >= 15 is 0 Å². The Morgan fingerprint density at radius 1 is 1.32 bits per heavy atom. The third-order valence-corrected chi connectivity index (χ3v) is 2.38. The van der Waals surface area contributed by atoms with E-state index in [1.165, 1.54) is 19.2 Å². The first-order chi connectivity index (χ1) is 9.10. The molecule has 0 fully saturated rings. The van der Waals surface area contributed by atoms with Gasteiger partial charge in [0.05, 0.1) is 0 Å². The van der Waals surface area contributed by atoms with E-state index < -0.39 is 11.6 Å². The average Bonchev–Trinajstić information content (AvgIpc) is 2.85. The van der Waals surface area contributed by atoms with Crippen molar-refractivity contribution in [3.63, 3.8) is 0 Å². The van der Waals surface area contributed by atoms with E-state index in [9.17, 15) is 13.6 Å². The van der Waals surface area contributed by atoms with Crippen molar-refractivity contribution in [2.75, 3.05) is 7.05 Å². The molecule has 1 heterocycles. The molecule has 2 rings (SSSR count). The monoisotopic (exact) mass is 267 g/mol. The molecule has 0 aliphatic carbocycles. The van der Waals surface area contributed by atoms with Crippen molar-refractivity contribution < 1.29 is 22.7 Å². The highest BCUT2D eigenvalue weighted by molar-refractivity contribution is 5.91. The van der Waals surface area contributed by atoms with Gasteiger partial charge >= 0.3 is 0 Å². The highest BCUT2D eigenvalue weighted by Gasteiger charge is 2.10. The number of furan rings is 1. The van der Waals surface area contributed by atoms with Gasteiger partial charge < -0.3 is 14.5 Å². The van der Waals surface area contributed by atoms with Crippen LogP contribution in [0.5, 0.6) is 5.75 Å². The zero-order valence-electron chi connectivity index (χ0n) is 10.1. The highest BCUT2D eigenvalue weighted by Crippen LogP contribution is 2.19. The maximum atomic E-state index is 13.3. The van der Waals surface area contributed by atoms with Crippen molar-refractivity contribution in [2.45, 2.75) is 6.61 Å². The maximum Gasteiger partial charge on any atom is 0.286 e. The summed E-state index contributed by atoms with van der Waals surface area (Å²) >= 11 is 0. The minimum absolute atomic E-state index is 0.0560. The topological polar surface area (TPSA) is 51.5 Å². The van der Waals surface area contributed by atoms with Crippen LogP contribution < -0.4 is 10.1 Å². The second-order valence-corrected chi connectivity index (χ2v) is 3.71. The Kier molecular flexibility index (Phi) is 3.79. The third kappa shape index (κ3) is 3.09. The molecule has 19 heavy (non-hydrogen) atoms. The first-order valence-electron chi connectivity index (χ1n) is 5.49. The van der Waals surface area contributed by atoms with Crippen LogP contribution in [0, 0.1) is 11.6 Å². The highest BCUT2D eigenvalue weighted by atomic mass is 19.1. The molecule has 2 aromatic rings. The van der Waals surface area contributed by atoms with Crippen molar-refractivity contribution >= 4 is 5.91 Å². The van der Waals surface area contributed by atoms with E-state index in [0.717, 1.165) is 12.1 Å². The lowest BCUT2D eigenvalue weighted by molar-refractivity contribution is 0.0931. The van der Waals surface area contributed by atoms with Crippen LogP contribution in [0.1, 0.15) is 16.3 Å². The van der Waals surface area contributed by atoms with Crippen molar-refractivity contribution in [1.82, 2.24) is 5.32 Å². The van der Waals surface area contributed by atoms with Gasteiger partial charge in [0.2, 0.25) is 0 Å². The smallest absolute Gasteiger partial charge is 0.286 e. The molecule has 100 valence electrons. The molecule has 0 radical (unpaired) electrons. The molecule has 0 unspecified atom stereocenters. The summed E-state index contributed by atoms with van der Waals surface area (Å²) in [5.41, 5.74) is 0. The lowest BCUT2D eigenvalue weighted by atomic mass is 10.3. The van der Waals surface area contributed by atoms with Crippen LogP contribution in [0.4, 0.5) is 8.78 Å². The third-order valence-electron chi connectivity index (χ3n) is 2.38. The average molecular weight is 267 g/mol. The lowest BCUT2D eigenvalue weighted by Crippen LogP contribution is -2.16. The Labute approximate surface area is 108 Å². The molecule has 0 saturated carbocycles. The Morgan fingerprint density at radius 2 is 2.11 bits per heavy atom. The fraction of sp³-hybridized carbons (Fsp3) is 0.154. The Balaban J connectivity index is 2.02. The lowest BCUT2D eigenvalue weighted by Gasteiger charge is -2.05. The quantitative estimate of drug-likeness (QED) is 0.926. The van der Waals surface area contributed by atoms with E-state index in [-0.39, 0.29) is 24.0 Å². The van der Waals surface area contributed by atoms with E-state index in [4.69, 9.17) is 9.15 Å². The van der Waals surface area contributed by atoms with Crippen molar-refractivity contribution in [2.24, 2.45) is 0 Å². The van der Waals surface area contributed by atoms with Crippen LogP contribution in [0.2, 0.25) is 0 Å². The minimum atomic E-state index is -0.793. The summed E-state index contributed by atoms with van der Waals surface area (Å²) in [5.74, 6) is -1.41. The molecule has 0 spiro atoms. The summed E-state index contributed by atoms with van der Waals surface area (Å²) in [6, 6.07) is 6.04. The van der Waals surface area contributed by atoms with E-state index in [1.54, 1.807) is 6.07 Å². The van der Waals surface area contributed by atoms with Gasteiger partial charge in [0, 0.05) is 13.1 Å². The van der Waals surface area contributed by atoms with Crippen molar-refractivity contribution in [3.8, 4) is 5.75 Å². The van der Waals surface area contributed by atoms with Gasteiger partial charge in [0.1, 0.15) is 18.2 Å². The predicted molar refractivity (Wildman–Crippen MR) is 62.8 cm³/mol. The summed E-state index contributed by atoms with van der Waals surface area (Å²) in [5, 5.41) is 2.41. The minimum Gasteiger partial charge on any atom is -0.483 e. The molecule has 0 atom stereocenters. The standard InChI is InChI=1S/C13H11F2NO3/c1-16-13(17)12-5-3-9(19-12)7-18-11-4-2-8(14)6-10(11)15/h2-6H,7H2,1H3,(H,16,17). The summed E-state index contributed by atoms with van der Waals surface area (Å²) in [7, 11) is 1.48. The van der Waals surface area contributed by atoms with Gasteiger partial charge in [-0.05, 0) is 24.3 Å². The molecule has 1 aromatic heterocycles. The van der Waals surface area contributed by atoms with E-state index in [2.05, 4.69) is 5.32 Å². The molecule has 6 heteroatoms. The van der Waals surface area contributed by atoms with Gasteiger partial charge in [-0.3, -0.25) is 4.79 Å². The summed E-state index contributed by atoms with van der Waals surface area (Å²) in [6.45, 7) is -0.0560. The van der Waals surface area contributed by atoms with Gasteiger partial charge in [-0.2, -0.15) is 0 Å². The second kappa shape index (κ2) is 5.51. The molecule has 0 bridgehead atoms.